The van der Waals surface area contributed by atoms with Crippen LogP contribution in [0.25, 0.3) is 0 Å². The maximum atomic E-state index is 5.34. The van der Waals surface area contributed by atoms with Crippen molar-refractivity contribution in [2.24, 2.45) is 5.73 Å². The van der Waals surface area contributed by atoms with Gasteiger partial charge in [-0.15, -0.1) is 0 Å². The fraction of sp³-hybridized carbons (Fsp3) is 0.625. The second kappa shape index (κ2) is 5.92. The van der Waals surface area contributed by atoms with Crippen molar-refractivity contribution in [2.45, 2.75) is 33.7 Å². The molecule has 0 aromatic carbocycles. The van der Waals surface area contributed by atoms with Crippen LogP contribution in [0.4, 0.5) is 0 Å². The number of nitrogens with zero attached hydrogens (tertiary/aromatic N) is 1. The average molecular weight is 156 g/mol. The van der Waals surface area contributed by atoms with Gasteiger partial charge in [0.2, 0.25) is 0 Å². The highest BCUT2D eigenvalue weighted by Crippen LogP contribution is 2.04. The first kappa shape index (κ1) is 10.2. The molecule has 0 unspecified atom stereocenters. The van der Waals surface area contributed by atoms with Crippen LogP contribution in [0.1, 0.15) is 32.2 Å². The SMILES string of the molecule is CC.CCc1ncoc1CN. The number of hydrogen-bond donors (Lipinski definition) is 1. The summed E-state index contributed by atoms with van der Waals surface area (Å²) >= 11 is 0. The normalized spacial score (nSPS) is 8.73. The summed E-state index contributed by atoms with van der Waals surface area (Å²) in [5, 5.41) is 0. The van der Waals surface area contributed by atoms with Crippen LogP contribution in [-0.4, -0.2) is 4.98 Å². The van der Waals surface area contributed by atoms with Crippen molar-refractivity contribution in [3.63, 3.8) is 0 Å². The Morgan fingerprint density at radius 2 is 2.18 bits per heavy atom. The molecule has 0 spiro atoms. The molecular formula is C8H16N2O. The van der Waals surface area contributed by atoms with Crippen LogP contribution in [0, 0.1) is 0 Å². The average Bonchev–Trinajstić information content (AvgIpc) is 2.54. The summed E-state index contributed by atoms with van der Waals surface area (Å²) in [6.07, 6.45) is 2.32. The van der Waals surface area contributed by atoms with E-state index in [1.807, 2.05) is 20.8 Å². The molecule has 1 heterocycles. The van der Waals surface area contributed by atoms with E-state index in [0.29, 0.717) is 6.54 Å². The number of aryl methyl sites for hydroxylation is 1. The number of oxazole rings is 1. The van der Waals surface area contributed by atoms with Gasteiger partial charge >= 0.3 is 0 Å². The molecule has 11 heavy (non-hydrogen) atoms. The fourth-order valence-corrected chi connectivity index (χ4v) is 0.748. The van der Waals surface area contributed by atoms with Crippen LogP contribution >= 0.6 is 0 Å². The molecule has 2 N–H and O–H groups in total. The van der Waals surface area contributed by atoms with Gasteiger partial charge in [-0.1, -0.05) is 20.8 Å². The summed E-state index contributed by atoms with van der Waals surface area (Å²) in [4.78, 5) is 3.96. The Labute approximate surface area is 67.6 Å². The molecule has 0 radical (unpaired) electrons. The number of rotatable bonds is 2. The van der Waals surface area contributed by atoms with Gasteiger partial charge in [-0.05, 0) is 6.42 Å². The molecule has 0 bridgehead atoms. The number of aromatic nitrogens is 1. The minimum atomic E-state index is 0.448. The maximum absolute atomic E-state index is 5.34. The van der Waals surface area contributed by atoms with Crippen molar-refractivity contribution in [1.82, 2.24) is 4.98 Å². The highest BCUT2D eigenvalue weighted by molar-refractivity contribution is 5.05. The molecule has 0 aliphatic carbocycles. The molecule has 1 aromatic heterocycles. The molecule has 0 fully saturated rings. The van der Waals surface area contributed by atoms with Crippen molar-refractivity contribution < 1.29 is 4.42 Å². The summed E-state index contributed by atoms with van der Waals surface area (Å²) in [7, 11) is 0. The maximum Gasteiger partial charge on any atom is 0.181 e. The van der Waals surface area contributed by atoms with Gasteiger partial charge in [-0.2, -0.15) is 0 Å². The van der Waals surface area contributed by atoms with E-state index < -0.39 is 0 Å². The lowest BCUT2D eigenvalue weighted by Gasteiger charge is -1.89. The Morgan fingerprint density at radius 3 is 2.55 bits per heavy atom. The van der Waals surface area contributed by atoms with Gasteiger partial charge in [0.1, 0.15) is 5.76 Å². The third-order valence-corrected chi connectivity index (χ3v) is 1.25. The quantitative estimate of drug-likeness (QED) is 0.709. The van der Waals surface area contributed by atoms with Crippen LogP contribution in [0.5, 0.6) is 0 Å². The summed E-state index contributed by atoms with van der Waals surface area (Å²) in [5.41, 5.74) is 6.31. The first-order valence-electron chi connectivity index (χ1n) is 3.99. The van der Waals surface area contributed by atoms with E-state index in [0.717, 1.165) is 17.9 Å². The smallest absolute Gasteiger partial charge is 0.181 e. The Bertz CT molecular complexity index is 165. The van der Waals surface area contributed by atoms with Crippen LogP contribution in [0.15, 0.2) is 10.8 Å². The lowest BCUT2D eigenvalue weighted by molar-refractivity contribution is 0.503. The predicted octanol–water partition coefficient (Wildman–Crippen LogP) is 1.72. The Morgan fingerprint density at radius 1 is 1.55 bits per heavy atom. The summed E-state index contributed by atoms with van der Waals surface area (Å²) in [6, 6.07) is 0. The first-order chi connectivity index (χ1) is 5.38. The van der Waals surface area contributed by atoms with Crippen molar-refractivity contribution in [1.29, 1.82) is 0 Å². The highest BCUT2D eigenvalue weighted by Gasteiger charge is 2.01. The van der Waals surface area contributed by atoms with E-state index in [1.54, 1.807) is 0 Å². The third kappa shape index (κ3) is 2.72. The molecule has 0 aliphatic rings. The molecule has 3 heteroatoms. The van der Waals surface area contributed by atoms with Crippen molar-refractivity contribution >= 4 is 0 Å². The lowest BCUT2D eigenvalue weighted by atomic mass is 10.3. The Kier molecular flexibility index (Phi) is 5.47. The van der Waals surface area contributed by atoms with E-state index in [2.05, 4.69) is 4.98 Å². The van der Waals surface area contributed by atoms with E-state index >= 15 is 0 Å². The molecule has 64 valence electrons. The number of hydrogen-bond acceptors (Lipinski definition) is 3. The summed E-state index contributed by atoms with van der Waals surface area (Å²) < 4.78 is 4.97. The standard InChI is InChI=1S/C6H10N2O.C2H6/c1-2-5-6(3-7)9-4-8-5;1-2/h4H,2-3,7H2,1H3;1-2H3. The van der Waals surface area contributed by atoms with Gasteiger partial charge in [0.05, 0.1) is 12.2 Å². The fourth-order valence-electron chi connectivity index (χ4n) is 0.748. The van der Waals surface area contributed by atoms with Crippen LogP contribution in [0.3, 0.4) is 0 Å². The molecular weight excluding hydrogens is 140 g/mol. The highest BCUT2D eigenvalue weighted by atomic mass is 16.3. The Balaban J connectivity index is 0.000000461. The minimum Gasteiger partial charge on any atom is -0.447 e. The van der Waals surface area contributed by atoms with Gasteiger partial charge in [-0.25, -0.2) is 4.98 Å². The number of nitrogens with two attached hydrogens (primary N) is 1. The van der Waals surface area contributed by atoms with Gasteiger partial charge in [-0.3, -0.25) is 0 Å². The topological polar surface area (TPSA) is 52.0 Å². The largest absolute Gasteiger partial charge is 0.447 e. The molecule has 1 rings (SSSR count). The van der Waals surface area contributed by atoms with Crippen molar-refractivity contribution in [3.05, 3.63) is 17.8 Å². The molecule has 3 nitrogen and oxygen atoms in total. The van der Waals surface area contributed by atoms with Gasteiger partial charge in [0, 0.05) is 0 Å². The van der Waals surface area contributed by atoms with E-state index in [1.165, 1.54) is 6.39 Å². The van der Waals surface area contributed by atoms with Gasteiger partial charge in [0.25, 0.3) is 0 Å². The van der Waals surface area contributed by atoms with E-state index in [-0.39, 0.29) is 0 Å². The molecule has 0 saturated carbocycles. The van der Waals surface area contributed by atoms with E-state index in [9.17, 15) is 0 Å². The third-order valence-electron chi connectivity index (χ3n) is 1.25. The second-order valence-electron chi connectivity index (χ2n) is 1.78. The lowest BCUT2D eigenvalue weighted by Crippen LogP contribution is -1.97. The minimum absolute atomic E-state index is 0.448. The van der Waals surface area contributed by atoms with Crippen LogP contribution in [0.2, 0.25) is 0 Å². The second-order valence-corrected chi connectivity index (χ2v) is 1.78. The van der Waals surface area contributed by atoms with Gasteiger partial charge < -0.3 is 10.2 Å². The van der Waals surface area contributed by atoms with Crippen LogP contribution < -0.4 is 5.73 Å². The molecule has 0 atom stereocenters. The zero-order chi connectivity index (χ0) is 8.69. The predicted molar refractivity (Wildman–Crippen MR) is 45.1 cm³/mol. The first-order valence-corrected chi connectivity index (χ1v) is 3.99. The zero-order valence-electron chi connectivity index (χ0n) is 7.42. The monoisotopic (exact) mass is 156 g/mol. The molecule has 1 aromatic rings. The van der Waals surface area contributed by atoms with E-state index in [4.69, 9.17) is 10.2 Å². The van der Waals surface area contributed by atoms with Crippen LogP contribution in [-0.2, 0) is 13.0 Å². The van der Waals surface area contributed by atoms with Gasteiger partial charge in [0.15, 0.2) is 6.39 Å². The Hall–Kier alpha value is -0.830. The molecule has 0 aliphatic heterocycles. The zero-order valence-corrected chi connectivity index (χ0v) is 7.42. The molecule has 0 saturated heterocycles. The van der Waals surface area contributed by atoms with Crippen molar-refractivity contribution in [3.8, 4) is 0 Å². The van der Waals surface area contributed by atoms with Crippen molar-refractivity contribution in [2.75, 3.05) is 0 Å². The summed E-state index contributed by atoms with van der Waals surface area (Å²) in [5.74, 6) is 0.803. The molecule has 0 amide bonds. The summed E-state index contributed by atoms with van der Waals surface area (Å²) in [6.45, 7) is 6.47.